The van der Waals surface area contributed by atoms with Crippen molar-refractivity contribution in [1.82, 2.24) is 9.88 Å². The number of anilines is 1. The lowest BCUT2D eigenvalue weighted by Crippen LogP contribution is -2.33. The molecule has 10 heteroatoms. The molecule has 0 aliphatic rings. The zero-order chi connectivity index (χ0) is 21.1. The summed E-state index contributed by atoms with van der Waals surface area (Å²) in [6.45, 7) is 1.31. The summed E-state index contributed by atoms with van der Waals surface area (Å²) in [5.74, 6) is -1.34. The average Bonchev–Trinajstić information content (AvgIpc) is 3.15. The number of nitro benzene ring substituents is 1. The fourth-order valence-corrected chi connectivity index (χ4v) is 3.65. The highest BCUT2D eigenvalue weighted by Gasteiger charge is 2.23. The van der Waals surface area contributed by atoms with E-state index in [0.29, 0.717) is 0 Å². The van der Waals surface area contributed by atoms with Crippen LogP contribution in [0.15, 0.2) is 42.5 Å². The number of nitrogens with zero attached hydrogens (tertiary/aromatic N) is 3. The quantitative estimate of drug-likeness (QED) is 0.284. The van der Waals surface area contributed by atoms with Gasteiger partial charge in [-0.2, -0.15) is 0 Å². The van der Waals surface area contributed by atoms with E-state index in [-0.39, 0.29) is 23.0 Å². The number of esters is 1. The van der Waals surface area contributed by atoms with Crippen LogP contribution in [0.5, 0.6) is 0 Å². The Morgan fingerprint density at radius 1 is 1.31 bits per heavy atom. The molecule has 0 unspecified atom stereocenters. The SMILES string of the molecule is C[C@H](c1nc2ccccc2s1)N(C)C(=O)COC(=O)c1cc([N+](=O)[O-])ccc1N. The maximum atomic E-state index is 12.5. The van der Waals surface area contributed by atoms with Crippen LogP contribution in [0.25, 0.3) is 10.2 Å². The number of ether oxygens (including phenoxy) is 1. The van der Waals surface area contributed by atoms with Gasteiger partial charge in [0, 0.05) is 24.9 Å². The molecule has 3 aromatic rings. The molecule has 1 heterocycles. The summed E-state index contributed by atoms with van der Waals surface area (Å²) in [6.07, 6.45) is 0. The van der Waals surface area contributed by atoms with Crippen LogP contribution in [0.3, 0.4) is 0 Å². The molecule has 0 aliphatic carbocycles. The van der Waals surface area contributed by atoms with E-state index in [2.05, 4.69) is 4.98 Å². The van der Waals surface area contributed by atoms with Crippen molar-refractivity contribution in [3.8, 4) is 0 Å². The minimum atomic E-state index is -0.902. The zero-order valence-corrected chi connectivity index (χ0v) is 16.5. The number of nitrogens with two attached hydrogens (primary N) is 1. The average molecular weight is 414 g/mol. The summed E-state index contributed by atoms with van der Waals surface area (Å²) in [4.78, 5) is 40.9. The lowest BCUT2D eigenvalue weighted by molar-refractivity contribution is -0.384. The van der Waals surface area contributed by atoms with Crippen molar-refractivity contribution in [2.75, 3.05) is 19.4 Å². The van der Waals surface area contributed by atoms with Crippen molar-refractivity contribution in [3.63, 3.8) is 0 Å². The highest BCUT2D eigenvalue weighted by Crippen LogP contribution is 2.29. The number of nitrogen functional groups attached to an aromatic ring is 1. The maximum Gasteiger partial charge on any atom is 0.341 e. The molecule has 0 bridgehead atoms. The summed E-state index contributed by atoms with van der Waals surface area (Å²) in [5, 5.41) is 11.6. The largest absolute Gasteiger partial charge is 0.452 e. The van der Waals surface area contributed by atoms with Gasteiger partial charge in [0.1, 0.15) is 5.01 Å². The number of fused-ring (bicyclic) bond motifs is 1. The molecule has 0 radical (unpaired) electrons. The van der Waals surface area contributed by atoms with Crippen LogP contribution in [0, 0.1) is 10.1 Å². The fraction of sp³-hybridized carbons (Fsp3) is 0.211. The Kier molecular flexibility index (Phi) is 5.74. The Morgan fingerprint density at radius 3 is 2.72 bits per heavy atom. The summed E-state index contributed by atoms with van der Waals surface area (Å²) < 4.78 is 6.04. The molecule has 1 atom stereocenters. The molecule has 3 rings (SSSR count). The van der Waals surface area contributed by atoms with Crippen LogP contribution in [0.2, 0.25) is 0 Å². The van der Waals surface area contributed by atoms with E-state index < -0.39 is 23.4 Å². The molecular weight excluding hydrogens is 396 g/mol. The monoisotopic (exact) mass is 414 g/mol. The molecule has 0 saturated heterocycles. The molecule has 0 aliphatic heterocycles. The van der Waals surface area contributed by atoms with E-state index in [9.17, 15) is 19.7 Å². The number of likely N-dealkylation sites (N-methyl/N-ethyl adjacent to an activating group) is 1. The molecule has 1 amide bonds. The van der Waals surface area contributed by atoms with Gasteiger partial charge in [0.2, 0.25) is 0 Å². The van der Waals surface area contributed by atoms with Gasteiger partial charge in [-0.15, -0.1) is 11.3 Å². The van der Waals surface area contributed by atoms with Crippen molar-refractivity contribution < 1.29 is 19.2 Å². The number of thiazole rings is 1. The van der Waals surface area contributed by atoms with Crippen LogP contribution in [0.1, 0.15) is 28.3 Å². The van der Waals surface area contributed by atoms with Gasteiger partial charge in [-0.25, -0.2) is 9.78 Å². The Balaban J connectivity index is 1.66. The van der Waals surface area contributed by atoms with Gasteiger partial charge in [0.15, 0.2) is 6.61 Å². The van der Waals surface area contributed by atoms with Gasteiger partial charge in [-0.05, 0) is 25.1 Å². The maximum absolute atomic E-state index is 12.5. The first-order valence-corrected chi connectivity index (χ1v) is 9.41. The lowest BCUT2D eigenvalue weighted by Gasteiger charge is -2.23. The second-order valence-electron chi connectivity index (χ2n) is 6.31. The van der Waals surface area contributed by atoms with Crippen LogP contribution in [0.4, 0.5) is 11.4 Å². The Bertz CT molecular complexity index is 1060. The van der Waals surface area contributed by atoms with E-state index in [1.54, 1.807) is 7.05 Å². The first kappa shape index (κ1) is 20.2. The van der Waals surface area contributed by atoms with Gasteiger partial charge in [0.25, 0.3) is 11.6 Å². The van der Waals surface area contributed by atoms with Crippen molar-refractivity contribution in [3.05, 3.63) is 63.1 Å². The molecule has 0 fully saturated rings. The highest BCUT2D eigenvalue weighted by molar-refractivity contribution is 7.18. The molecule has 29 heavy (non-hydrogen) atoms. The van der Waals surface area contributed by atoms with Gasteiger partial charge < -0.3 is 15.4 Å². The molecule has 2 aromatic carbocycles. The van der Waals surface area contributed by atoms with Crippen molar-refractivity contribution >= 4 is 44.8 Å². The van der Waals surface area contributed by atoms with Crippen LogP contribution >= 0.6 is 11.3 Å². The summed E-state index contributed by atoms with van der Waals surface area (Å²) in [7, 11) is 1.59. The fourth-order valence-electron chi connectivity index (χ4n) is 2.59. The predicted molar refractivity (Wildman–Crippen MR) is 109 cm³/mol. The Labute approximate surface area is 169 Å². The standard InChI is InChI=1S/C19H18N4O5S/c1-11(18-21-15-5-3-4-6-16(15)29-18)22(2)17(24)10-28-19(25)13-9-12(23(26)27)7-8-14(13)20/h3-9,11H,10,20H2,1-2H3/t11-/m1/s1. The second kappa shape index (κ2) is 8.23. The van der Waals surface area contributed by atoms with Gasteiger partial charge >= 0.3 is 5.97 Å². The number of non-ortho nitro benzene ring substituents is 1. The lowest BCUT2D eigenvalue weighted by atomic mass is 10.1. The molecule has 9 nitrogen and oxygen atoms in total. The first-order chi connectivity index (χ1) is 13.8. The Hall–Kier alpha value is -3.53. The number of carbonyl (C=O) groups is 2. The summed E-state index contributed by atoms with van der Waals surface area (Å²) >= 11 is 1.49. The first-order valence-electron chi connectivity index (χ1n) is 8.60. The number of benzene rings is 2. The van der Waals surface area contributed by atoms with Crippen LogP contribution in [-0.4, -0.2) is 40.3 Å². The topological polar surface area (TPSA) is 129 Å². The molecule has 2 N–H and O–H groups in total. The minimum absolute atomic E-state index is 0.0317. The number of carbonyl (C=O) groups excluding carboxylic acids is 2. The van der Waals surface area contributed by atoms with E-state index in [1.807, 2.05) is 31.2 Å². The molecule has 150 valence electrons. The smallest absolute Gasteiger partial charge is 0.341 e. The molecule has 1 aromatic heterocycles. The van der Waals surface area contributed by atoms with Crippen molar-refractivity contribution in [2.45, 2.75) is 13.0 Å². The second-order valence-corrected chi connectivity index (χ2v) is 7.37. The van der Waals surface area contributed by atoms with E-state index in [1.165, 1.54) is 28.4 Å². The number of amides is 1. The predicted octanol–water partition coefficient (Wildman–Crippen LogP) is 3.16. The number of para-hydroxylation sites is 1. The van der Waals surface area contributed by atoms with Crippen LogP contribution in [-0.2, 0) is 9.53 Å². The van der Waals surface area contributed by atoms with Crippen molar-refractivity contribution in [1.29, 1.82) is 0 Å². The highest BCUT2D eigenvalue weighted by atomic mass is 32.1. The van der Waals surface area contributed by atoms with E-state index in [4.69, 9.17) is 10.5 Å². The zero-order valence-electron chi connectivity index (χ0n) is 15.7. The third-order valence-corrected chi connectivity index (χ3v) is 5.64. The normalized spacial score (nSPS) is 11.8. The van der Waals surface area contributed by atoms with Crippen molar-refractivity contribution in [2.24, 2.45) is 0 Å². The van der Waals surface area contributed by atoms with E-state index >= 15 is 0 Å². The minimum Gasteiger partial charge on any atom is -0.452 e. The third kappa shape index (κ3) is 4.32. The number of hydrogen-bond donors (Lipinski definition) is 1. The number of nitro groups is 1. The summed E-state index contributed by atoms with van der Waals surface area (Å²) in [6, 6.07) is 10.8. The molecular formula is C19H18N4O5S. The third-order valence-electron chi connectivity index (χ3n) is 4.44. The molecule has 0 spiro atoms. The molecule has 0 saturated carbocycles. The number of hydrogen-bond acceptors (Lipinski definition) is 8. The van der Waals surface area contributed by atoms with Crippen LogP contribution < -0.4 is 5.73 Å². The number of aromatic nitrogens is 1. The summed E-state index contributed by atoms with van der Waals surface area (Å²) in [5.41, 5.74) is 6.13. The van der Waals surface area contributed by atoms with Gasteiger partial charge in [-0.1, -0.05) is 12.1 Å². The van der Waals surface area contributed by atoms with Gasteiger partial charge in [-0.3, -0.25) is 14.9 Å². The Morgan fingerprint density at radius 2 is 2.03 bits per heavy atom. The van der Waals surface area contributed by atoms with Gasteiger partial charge in [0.05, 0.1) is 26.7 Å². The van der Waals surface area contributed by atoms with E-state index in [0.717, 1.165) is 21.3 Å². The number of rotatable bonds is 6.